The first kappa shape index (κ1) is 17.2. The zero-order valence-corrected chi connectivity index (χ0v) is 15.4. The van der Waals surface area contributed by atoms with Gasteiger partial charge >= 0.3 is 0 Å². The average molecular weight is 400 g/mol. The summed E-state index contributed by atoms with van der Waals surface area (Å²) in [6, 6.07) is 17.4. The molecule has 5 nitrogen and oxygen atoms in total. The van der Waals surface area contributed by atoms with Gasteiger partial charge in [-0.2, -0.15) is 5.10 Å². The van der Waals surface area contributed by atoms with E-state index in [1.165, 1.54) is 5.56 Å². The molecule has 25 heavy (non-hydrogen) atoms. The molecule has 0 aliphatic carbocycles. The maximum atomic E-state index is 12.1. The second-order valence-corrected chi connectivity index (χ2v) is 6.57. The number of carbonyl (C=O) groups is 1. The summed E-state index contributed by atoms with van der Waals surface area (Å²) in [5.74, 6) is 1.05. The number of benzene rings is 2. The Morgan fingerprint density at radius 3 is 2.76 bits per heavy atom. The zero-order valence-electron chi connectivity index (χ0n) is 13.8. The highest BCUT2D eigenvalue weighted by Crippen LogP contribution is 2.18. The van der Waals surface area contributed by atoms with Crippen molar-refractivity contribution >= 4 is 27.7 Å². The van der Waals surface area contributed by atoms with Gasteiger partial charge in [-0.05, 0) is 30.7 Å². The minimum absolute atomic E-state index is 0.0633. The standard InChI is InChI=1S/C19H18BrN3O2/c1-14-5-7-15(8-6-14)12-23-18(9-10-21-23)22-19(24)13-25-17-4-2-3-16(20)11-17/h2-11H,12-13H2,1H3,(H,22,24). The topological polar surface area (TPSA) is 56.2 Å². The third kappa shape index (κ3) is 4.93. The predicted octanol–water partition coefficient (Wildman–Crippen LogP) is 4.02. The summed E-state index contributed by atoms with van der Waals surface area (Å²) in [5, 5.41) is 7.10. The molecule has 0 radical (unpaired) electrons. The van der Waals surface area contributed by atoms with Crippen LogP contribution in [-0.2, 0) is 11.3 Å². The number of anilines is 1. The fraction of sp³-hybridized carbons (Fsp3) is 0.158. The SMILES string of the molecule is Cc1ccc(Cn2nccc2NC(=O)COc2cccc(Br)c2)cc1. The Balaban J connectivity index is 1.58. The number of aryl methyl sites for hydroxylation is 1. The molecule has 0 atom stereocenters. The van der Waals surface area contributed by atoms with Gasteiger partial charge in [0.25, 0.3) is 5.91 Å². The number of carbonyl (C=O) groups excluding carboxylic acids is 1. The number of amides is 1. The fourth-order valence-corrected chi connectivity index (χ4v) is 2.69. The van der Waals surface area contributed by atoms with Crippen LogP contribution in [0.25, 0.3) is 0 Å². The molecule has 6 heteroatoms. The molecule has 1 aromatic heterocycles. The molecule has 0 aliphatic rings. The van der Waals surface area contributed by atoms with Crippen molar-refractivity contribution in [2.24, 2.45) is 0 Å². The van der Waals surface area contributed by atoms with Crippen LogP contribution >= 0.6 is 15.9 Å². The van der Waals surface area contributed by atoms with Gasteiger partial charge in [-0.15, -0.1) is 0 Å². The molecule has 0 saturated carbocycles. The summed E-state index contributed by atoms with van der Waals surface area (Å²) in [4.78, 5) is 12.1. The zero-order chi connectivity index (χ0) is 17.6. The van der Waals surface area contributed by atoms with Crippen molar-refractivity contribution < 1.29 is 9.53 Å². The average Bonchev–Trinajstić information content (AvgIpc) is 3.02. The summed E-state index contributed by atoms with van der Waals surface area (Å²) >= 11 is 3.37. The van der Waals surface area contributed by atoms with Crippen LogP contribution in [0, 0.1) is 6.92 Å². The fourth-order valence-electron chi connectivity index (χ4n) is 2.32. The van der Waals surface area contributed by atoms with Gasteiger partial charge in [-0.3, -0.25) is 4.79 Å². The highest BCUT2D eigenvalue weighted by molar-refractivity contribution is 9.10. The molecule has 0 saturated heterocycles. The lowest BCUT2D eigenvalue weighted by atomic mass is 10.1. The van der Waals surface area contributed by atoms with Gasteiger partial charge in [-0.1, -0.05) is 51.8 Å². The minimum atomic E-state index is -0.231. The van der Waals surface area contributed by atoms with Gasteiger partial charge < -0.3 is 10.1 Å². The summed E-state index contributed by atoms with van der Waals surface area (Å²) in [6.07, 6.45) is 1.67. The first-order valence-corrected chi connectivity index (χ1v) is 8.65. The van der Waals surface area contributed by atoms with Crippen LogP contribution in [-0.4, -0.2) is 22.3 Å². The molecule has 0 unspecified atom stereocenters. The van der Waals surface area contributed by atoms with Crippen molar-refractivity contribution in [3.05, 3.63) is 76.4 Å². The second kappa shape index (κ2) is 7.98. The Labute approximate surface area is 154 Å². The predicted molar refractivity (Wildman–Crippen MR) is 101 cm³/mol. The molecule has 128 valence electrons. The van der Waals surface area contributed by atoms with E-state index in [2.05, 4.69) is 57.5 Å². The molecule has 3 aromatic rings. The van der Waals surface area contributed by atoms with Crippen molar-refractivity contribution in [2.75, 3.05) is 11.9 Å². The number of halogens is 1. The van der Waals surface area contributed by atoms with Crippen LogP contribution in [0.5, 0.6) is 5.75 Å². The molecule has 1 heterocycles. The van der Waals surface area contributed by atoms with E-state index in [9.17, 15) is 4.79 Å². The van der Waals surface area contributed by atoms with Gasteiger partial charge in [0.2, 0.25) is 0 Å². The molecule has 0 spiro atoms. The number of hydrogen-bond acceptors (Lipinski definition) is 3. The molecule has 0 bridgehead atoms. The number of ether oxygens (including phenoxy) is 1. The number of nitrogens with one attached hydrogen (secondary N) is 1. The van der Waals surface area contributed by atoms with Gasteiger partial charge in [0.05, 0.1) is 12.7 Å². The second-order valence-electron chi connectivity index (χ2n) is 5.65. The minimum Gasteiger partial charge on any atom is -0.484 e. The molecular formula is C19H18BrN3O2. The quantitative estimate of drug-likeness (QED) is 0.680. The smallest absolute Gasteiger partial charge is 0.263 e. The monoisotopic (exact) mass is 399 g/mol. The first-order chi connectivity index (χ1) is 12.1. The highest BCUT2D eigenvalue weighted by atomic mass is 79.9. The van der Waals surface area contributed by atoms with E-state index in [4.69, 9.17) is 4.74 Å². The van der Waals surface area contributed by atoms with Crippen LogP contribution in [0.1, 0.15) is 11.1 Å². The summed E-state index contributed by atoms with van der Waals surface area (Å²) < 4.78 is 8.15. The Bertz CT molecular complexity index is 859. The molecular weight excluding hydrogens is 382 g/mol. The van der Waals surface area contributed by atoms with E-state index >= 15 is 0 Å². The maximum absolute atomic E-state index is 12.1. The Kier molecular flexibility index (Phi) is 5.50. The van der Waals surface area contributed by atoms with Crippen LogP contribution in [0.2, 0.25) is 0 Å². The molecule has 1 N–H and O–H groups in total. The largest absolute Gasteiger partial charge is 0.484 e. The van der Waals surface area contributed by atoms with Crippen LogP contribution in [0.4, 0.5) is 5.82 Å². The van der Waals surface area contributed by atoms with E-state index in [0.717, 1.165) is 10.0 Å². The van der Waals surface area contributed by atoms with Crippen LogP contribution in [0.3, 0.4) is 0 Å². The third-order valence-electron chi connectivity index (χ3n) is 3.60. The van der Waals surface area contributed by atoms with Crippen LogP contribution < -0.4 is 10.1 Å². The van der Waals surface area contributed by atoms with Gasteiger partial charge in [0.1, 0.15) is 11.6 Å². The normalized spacial score (nSPS) is 10.5. The Hall–Kier alpha value is -2.60. The molecule has 0 fully saturated rings. The third-order valence-corrected chi connectivity index (χ3v) is 4.10. The van der Waals surface area contributed by atoms with E-state index in [1.807, 2.05) is 18.2 Å². The number of rotatable bonds is 6. The van der Waals surface area contributed by atoms with Crippen molar-refractivity contribution in [2.45, 2.75) is 13.5 Å². The lowest BCUT2D eigenvalue weighted by Gasteiger charge is -2.10. The summed E-state index contributed by atoms with van der Waals surface area (Å²) in [6.45, 7) is 2.58. The Morgan fingerprint density at radius 1 is 1.20 bits per heavy atom. The number of nitrogens with zero attached hydrogens (tertiary/aromatic N) is 2. The number of hydrogen-bond donors (Lipinski definition) is 1. The van der Waals surface area contributed by atoms with Crippen molar-refractivity contribution in [3.8, 4) is 5.75 Å². The van der Waals surface area contributed by atoms with E-state index in [-0.39, 0.29) is 12.5 Å². The van der Waals surface area contributed by atoms with Gasteiger partial charge in [0, 0.05) is 10.5 Å². The molecule has 2 aromatic carbocycles. The lowest BCUT2D eigenvalue weighted by Crippen LogP contribution is -2.22. The highest BCUT2D eigenvalue weighted by Gasteiger charge is 2.09. The van der Waals surface area contributed by atoms with Crippen molar-refractivity contribution in [3.63, 3.8) is 0 Å². The van der Waals surface area contributed by atoms with E-state index < -0.39 is 0 Å². The van der Waals surface area contributed by atoms with Crippen LogP contribution in [0.15, 0.2) is 65.3 Å². The van der Waals surface area contributed by atoms with Crippen molar-refractivity contribution in [1.82, 2.24) is 9.78 Å². The maximum Gasteiger partial charge on any atom is 0.263 e. The summed E-state index contributed by atoms with van der Waals surface area (Å²) in [5.41, 5.74) is 2.33. The summed E-state index contributed by atoms with van der Waals surface area (Å²) in [7, 11) is 0. The lowest BCUT2D eigenvalue weighted by molar-refractivity contribution is -0.118. The first-order valence-electron chi connectivity index (χ1n) is 7.86. The molecule has 0 aliphatic heterocycles. The van der Waals surface area contributed by atoms with Gasteiger partial charge in [0.15, 0.2) is 6.61 Å². The Morgan fingerprint density at radius 2 is 2.00 bits per heavy atom. The van der Waals surface area contributed by atoms with E-state index in [0.29, 0.717) is 18.1 Å². The molecule has 3 rings (SSSR count). The molecule has 1 amide bonds. The van der Waals surface area contributed by atoms with Gasteiger partial charge in [-0.25, -0.2) is 4.68 Å². The number of aromatic nitrogens is 2. The van der Waals surface area contributed by atoms with Crippen molar-refractivity contribution in [1.29, 1.82) is 0 Å². The van der Waals surface area contributed by atoms with E-state index in [1.54, 1.807) is 23.0 Å².